The molecule has 1 aliphatic carbocycles. The lowest BCUT2D eigenvalue weighted by Gasteiger charge is -2.39. The smallest absolute Gasteiger partial charge is 0.255 e. The first kappa shape index (κ1) is 20.0. The highest BCUT2D eigenvalue weighted by Gasteiger charge is 2.43. The molecule has 30 heavy (non-hydrogen) atoms. The quantitative estimate of drug-likeness (QED) is 0.810. The standard InChI is InChI=1S/C24H26N4O2/c1-14-8-10-26-19(11-14)28-23(30)20-15(2)27-17-12-24(3,4)13-18(29)21(17)22(20)16-7-5-6-9-25-16/h5-11,22,27H,12-13H2,1-4H3,(H,26,28,30). The molecule has 154 valence electrons. The van der Waals surface area contributed by atoms with Gasteiger partial charge < -0.3 is 10.6 Å². The number of pyridine rings is 2. The van der Waals surface area contributed by atoms with Crippen molar-refractivity contribution < 1.29 is 9.59 Å². The van der Waals surface area contributed by atoms with Crippen LogP contribution in [-0.4, -0.2) is 21.7 Å². The van der Waals surface area contributed by atoms with Gasteiger partial charge >= 0.3 is 0 Å². The topological polar surface area (TPSA) is 84.0 Å². The predicted molar refractivity (Wildman–Crippen MR) is 115 cm³/mol. The van der Waals surface area contributed by atoms with E-state index in [4.69, 9.17) is 0 Å². The molecule has 0 bridgehead atoms. The number of dihydropyridines is 1. The van der Waals surface area contributed by atoms with E-state index in [-0.39, 0.29) is 17.1 Å². The van der Waals surface area contributed by atoms with Crippen LogP contribution >= 0.6 is 0 Å². The summed E-state index contributed by atoms with van der Waals surface area (Å²) in [7, 11) is 0. The second-order valence-corrected chi connectivity index (χ2v) is 8.86. The molecule has 0 aromatic carbocycles. The first-order valence-corrected chi connectivity index (χ1v) is 10.1. The van der Waals surface area contributed by atoms with Crippen molar-refractivity contribution in [2.75, 3.05) is 5.32 Å². The van der Waals surface area contributed by atoms with Crippen molar-refractivity contribution in [3.8, 4) is 0 Å². The van der Waals surface area contributed by atoms with E-state index in [1.54, 1.807) is 12.4 Å². The first-order valence-electron chi connectivity index (χ1n) is 10.1. The van der Waals surface area contributed by atoms with Gasteiger partial charge in [-0.05, 0) is 55.5 Å². The number of allylic oxidation sites excluding steroid dienone is 3. The lowest BCUT2D eigenvalue weighted by molar-refractivity contribution is -0.118. The molecule has 6 heteroatoms. The van der Waals surface area contributed by atoms with E-state index in [1.807, 2.05) is 44.2 Å². The average molecular weight is 402 g/mol. The number of hydrogen-bond acceptors (Lipinski definition) is 5. The molecule has 0 saturated carbocycles. The molecule has 0 fully saturated rings. The monoisotopic (exact) mass is 402 g/mol. The predicted octanol–water partition coefficient (Wildman–Crippen LogP) is 4.03. The van der Waals surface area contributed by atoms with Gasteiger partial charge in [0.15, 0.2) is 5.78 Å². The van der Waals surface area contributed by atoms with Crippen molar-refractivity contribution in [2.24, 2.45) is 5.41 Å². The number of carbonyl (C=O) groups excluding carboxylic acids is 2. The zero-order valence-corrected chi connectivity index (χ0v) is 17.7. The van der Waals surface area contributed by atoms with E-state index < -0.39 is 5.92 Å². The number of nitrogens with one attached hydrogen (secondary N) is 2. The number of aromatic nitrogens is 2. The number of rotatable bonds is 3. The van der Waals surface area contributed by atoms with Crippen LogP contribution in [0.15, 0.2) is 65.3 Å². The number of aryl methyl sites for hydroxylation is 1. The van der Waals surface area contributed by atoms with E-state index in [0.717, 1.165) is 23.4 Å². The van der Waals surface area contributed by atoms with Gasteiger partial charge in [0.1, 0.15) is 5.82 Å². The Hall–Kier alpha value is -3.28. The normalized spacial score (nSPS) is 20.5. The van der Waals surface area contributed by atoms with E-state index in [9.17, 15) is 9.59 Å². The molecule has 6 nitrogen and oxygen atoms in total. The Balaban J connectivity index is 1.79. The Morgan fingerprint density at radius 3 is 2.63 bits per heavy atom. The lowest BCUT2D eigenvalue weighted by atomic mass is 9.69. The van der Waals surface area contributed by atoms with Crippen LogP contribution in [0, 0.1) is 12.3 Å². The fraction of sp³-hybridized carbons (Fsp3) is 0.333. The first-order chi connectivity index (χ1) is 14.2. The summed E-state index contributed by atoms with van der Waals surface area (Å²) in [6, 6.07) is 9.28. The number of ketones is 1. The molecule has 2 N–H and O–H groups in total. The molecule has 0 spiro atoms. The van der Waals surface area contributed by atoms with E-state index in [2.05, 4.69) is 34.4 Å². The fourth-order valence-corrected chi connectivity index (χ4v) is 4.37. The molecule has 2 aromatic heterocycles. The van der Waals surface area contributed by atoms with E-state index >= 15 is 0 Å². The van der Waals surface area contributed by atoms with Crippen LogP contribution in [-0.2, 0) is 9.59 Å². The molecular weight excluding hydrogens is 376 g/mol. The highest BCUT2D eigenvalue weighted by atomic mass is 16.2. The van der Waals surface area contributed by atoms with E-state index in [1.165, 1.54) is 0 Å². The van der Waals surface area contributed by atoms with Gasteiger partial charge in [0.05, 0.1) is 11.6 Å². The van der Waals surface area contributed by atoms with Crippen molar-refractivity contribution in [2.45, 2.75) is 46.5 Å². The van der Waals surface area contributed by atoms with Crippen molar-refractivity contribution in [1.82, 2.24) is 15.3 Å². The molecule has 1 unspecified atom stereocenters. The fourth-order valence-electron chi connectivity index (χ4n) is 4.37. The Morgan fingerprint density at radius 1 is 1.13 bits per heavy atom. The molecule has 4 rings (SSSR count). The minimum absolute atomic E-state index is 0.0656. The lowest BCUT2D eigenvalue weighted by Crippen LogP contribution is -2.39. The number of amides is 1. The number of hydrogen-bond donors (Lipinski definition) is 2. The van der Waals surface area contributed by atoms with Gasteiger partial charge in [0.25, 0.3) is 5.91 Å². The highest BCUT2D eigenvalue weighted by molar-refractivity contribution is 6.09. The van der Waals surface area contributed by atoms with Crippen LogP contribution < -0.4 is 10.6 Å². The molecule has 1 aliphatic heterocycles. The summed E-state index contributed by atoms with van der Waals surface area (Å²) in [6.45, 7) is 8.01. The van der Waals surface area contributed by atoms with Crippen LogP contribution in [0.4, 0.5) is 5.82 Å². The van der Waals surface area contributed by atoms with Gasteiger partial charge in [-0.2, -0.15) is 0 Å². The Labute approximate surface area is 176 Å². The van der Waals surface area contributed by atoms with Crippen molar-refractivity contribution in [1.29, 1.82) is 0 Å². The van der Waals surface area contributed by atoms with Gasteiger partial charge in [-0.25, -0.2) is 4.98 Å². The maximum atomic E-state index is 13.4. The average Bonchev–Trinajstić information content (AvgIpc) is 2.66. The summed E-state index contributed by atoms with van der Waals surface area (Å²) in [6.07, 6.45) is 4.56. The number of carbonyl (C=O) groups is 2. The molecular formula is C24H26N4O2. The number of anilines is 1. The minimum atomic E-state index is -0.504. The third kappa shape index (κ3) is 3.77. The van der Waals surface area contributed by atoms with E-state index in [0.29, 0.717) is 29.1 Å². The number of Topliss-reactive ketones (excluding diaryl/α,β-unsaturated/α-hetero) is 1. The highest BCUT2D eigenvalue weighted by Crippen LogP contribution is 2.46. The zero-order chi connectivity index (χ0) is 21.5. The van der Waals surface area contributed by atoms with Crippen molar-refractivity contribution in [3.63, 3.8) is 0 Å². The van der Waals surface area contributed by atoms with Crippen LogP contribution in [0.1, 0.15) is 50.8 Å². The Bertz CT molecular complexity index is 1080. The largest absolute Gasteiger partial charge is 0.362 e. The maximum Gasteiger partial charge on any atom is 0.255 e. The molecule has 2 aromatic rings. The summed E-state index contributed by atoms with van der Waals surface area (Å²) in [4.78, 5) is 35.3. The Morgan fingerprint density at radius 2 is 1.93 bits per heavy atom. The maximum absolute atomic E-state index is 13.4. The Kier molecular flexibility index (Phi) is 5.02. The molecule has 3 heterocycles. The molecule has 1 atom stereocenters. The number of nitrogens with zero attached hydrogens (tertiary/aromatic N) is 2. The van der Waals surface area contributed by atoms with Gasteiger partial charge in [-0.3, -0.25) is 14.6 Å². The van der Waals surface area contributed by atoms with Gasteiger partial charge in [-0.15, -0.1) is 0 Å². The van der Waals surface area contributed by atoms with Crippen LogP contribution in [0.2, 0.25) is 0 Å². The third-order valence-electron chi connectivity index (χ3n) is 5.62. The van der Waals surface area contributed by atoms with Crippen LogP contribution in [0.25, 0.3) is 0 Å². The second kappa shape index (κ2) is 7.52. The SMILES string of the molecule is CC1=C(C(=O)Nc2cc(C)ccn2)C(c2ccccn2)C2=C(CC(C)(C)CC2=O)N1. The summed E-state index contributed by atoms with van der Waals surface area (Å²) < 4.78 is 0. The third-order valence-corrected chi connectivity index (χ3v) is 5.62. The molecule has 2 aliphatic rings. The van der Waals surface area contributed by atoms with Gasteiger partial charge in [0.2, 0.25) is 0 Å². The van der Waals surface area contributed by atoms with Crippen LogP contribution in [0.5, 0.6) is 0 Å². The second-order valence-electron chi connectivity index (χ2n) is 8.86. The molecule has 0 radical (unpaired) electrons. The summed E-state index contributed by atoms with van der Waals surface area (Å²) in [5, 5.41) is 6.26. The molecule has 0 saturated heterocycles. The summed E-state index contributed by atoms with van der Waals surface area (Å²) in [5.74, 6) is -0.236. The zero-order valence-electron chi connectivity index (χ0n) is 17.7. The van der Waals surface area contributed by atoms with Crippen LogP contribution in [0.3, 0.4) is 0 Å². The summed E-state index contributed by atoms with van der Waals surface area (Å²) >= 11 is 0. The molecule has 1 amide bonds. The van der Waals surface area contributed by atoms with Crippen molar-refractivity contribution in [3.05, 3.63) is 76.5 Å². The van der Waals surface area contributed by atoms with Gasteiger partial charge in [-0.1, -0.05) is 19.9 Å². The van der Waals surface area contributed by atoms with Gasteiger partial charge in [0, 0.05) is 41.4 Å². The summed E-state index contributed by atoms with van der Waals surface area (Å²) in [5.41, 5.74) is 4.37. The minimum Gasteiger partial charge on any atom is -0.362 e. The van der Waals surface area contributed by atoms with Crippen molar-refractivity contribution >= 4 is 17.5 Å².